The number of nitro groups is 1. The first-order chi connectivity index (χ1) is 14.8. The molecule has 31 heavy (non-hydrogen) atoms. The summed E-state index contributed by atoms with van der Waals surface area (Å²) in [6.07, 6.45) is -0.365. The molecule has 10 heteroatoms. The molecule has 2 aromatic rings. The highest BCUT2D eigenvalue weighted by Gasteiger charge is 2.33. The standard InChI is InChI=1S/C21H19N3O7/c1-2-31-18(25)11-17(14-7-9-16(10-8-14)24(29)30)19(21(27)28)23-20(26)15-5-3-13(12-22)4-6-15/h3-10,17,19H,2,11H2,1H3,(H,23,26)(H,27,28)/t17-,19+/m0/s1. The van der Waals surface area contributed by atoms with Crippen molar-refractivity contribution in [1.29, 1.82) is 5.26 Å². The van der Waals surface area contributed by atoms with Gasteiger partial charge >= 0.3 is 11.9 Å². The lowest BCUT2D eigenvalue weighted by Crippen LogP contribution is -2.45. The van der Waals surface area contributed by atoms with Gasteiger partial charge in [0, 0.05) is 23.6 Å². The van der Waals surface area contributed by atoms with Gasteiger partial charge in [0.25, 0.3) is 11.6 Å². The van der Waals surface area contributed by atoms with E-state index in [4.69, 9.17) is 10.00 Å². The molecule has 2 atom stereocenters. The molecule has 0 aromatic heterocycles. The summed E-state index contributed by atoms with van der Waals surface area (Å²) in [6, 6.07) is 11.0. The highest BCUT2D eigenvalue weighted by atomic mass is 16.6. The average Bonchev–Trinajstić information content (AvgIpc) is 2.76. The first kappa shape index (κ1) is 23.0. The lowest BCUT2D eigenvalue weighted by Gasteiger charge is -2.25. The Morgan fingerprint density at radius 3 is 2.26 bits per heavy atom. The molecule has 0 radical (unpaired) electrons. The van der Waals surface area contributed by atoms with E-state index in [2.05, 4.69) is 5.32 Å². The number of non-ortho nitro benzene ring substituents is 1. The van der Waals surface area contributed by atoms with Crippen molar-refractivity contribution in [2.45, 2.75) is 25.3 Å². The zero-order chi connectivity index (χ0) is 23.0. The number of hydrogen-bond acceptors (Lipinski definition) is 7. The monoisotopic (exact) mass is 425 g/mol. The van der Waals surface area contributed by atoms with Crippen LogP contribution in [-0.4, -0.2) is 40.5 Å². The van der Waals surface area contributed by atoms with Crippen LogP contribution in [0.3, 0.4) is 0 Å². The number of nitrogens with one attached hydrogen (secondary N) is 1. The van der Waals surface area contributed by atoms with Crippen molar-refractivity contribution >= 4 is 23.5 Å². The number of nitro benzene ring substituents is 1. The number of esters is 1. The molecule has 160 valence electrons. The molecule has 10 nitrogen and oxygen atoms in total. The molecule has 0 bridgehead atoms. The van der Waals surface area contributed by atoms with E-state index in [1.807, 2.05) is 6.07 Å². The van der Waals surface area contributed by atoms with Gasteiger partial charge in [0.05, 0.1) is 29.6 Å². The second-order valence-corrected chi connectivity index (χ2v) is 6.44. The summed E-state index contributed by atoms with van der Waals surface area (Å²) in [5.74, 6) is -3.83. The average molecular weight is 425 g/mol. The normalized spacial score (nSPS) is 12.1. The SMILES string of the molecule is CCOC(=O)C[C@@H](c1ccc([N+](=O)[O-])cc1)[C@@H](NC(=O)c1ccc(C#N)cc1)C(=O)O. The van der Waals surface area contributed by atoms with E-state index in [9.17, 15) is 29.6 Å². The van der Waals surface area contributed by atoms with Crippen molar-refractivity contribution in [3.63, 3.8) is 0 Å². The van der Waals surface area contributed by atoms with Crippen molar-refractivity contribution in [1.82, 2.24) is 5.32 Å². The molecule has 0 aliphatic rings. The molecule has 0 saturated heterocycles. The summed E-state index contributed by atoms with van der Waals surface area (Å²) in [6.45, 7) is 1.68. The van der Waals surface area contributed by atoms with Crippen molar-refractivity contribution in [2.75, 3.05) is 6.61 Å². The molecular weight excluding hydrogens is 406 g/mol. The minimum atomic E-state index is -1.52. The Morgan fingerprint density at radius 1 is 1.16 bits per heavy atom. The third-order valence-corrected chi connectivity index (χ3v) is 4.46. The summed E-state index contributed by atoms with van der Waals surface area (Å²) in [5, 5.41) is 31.9. The highest BCUT2D eigenvalue weighted by Crippen LogP contribution is 2.27. The van der Waals surface area contributed by atoms with Crippen LogP contribution in [0.5, 0.6) is 0 Å². The van der Waals surface area contributed by atoms with Gasteiger partial charge in [0.2, 0.25) is 0 Å². The number of benzene rings is 2. The number of carboxylic acids is 1. The van der Waals surface area contributed by atoms with E-state index >= 15 is 0 Å². The van der Waals surface area contributed by atoms with Crippen LogP contribution in [0.25, 0.3) is 0 Å². The van der Waals surface area contributed by atoms with Crippen LogP contribution in [0.4, 0.5) is 5.69 Å². The quantitative estimate of drug-likeness (QED) is 0.352. The summed E-state index contributed by atoms with van der Waals surface area (Å²) in [5.41, 5.74) is 0.569. The maximum Gasteiger partial charge on any atom is 0.326 e. The zero-order valence-electron chi connectivity index (χ0n) is 16.5. The first-order valence-electron chi connectivity index (χ1n) is 9.20. The van der Waals surface area contributed by atoms with E-state index < -0.39 is 34.7 Å². The molecule has 0 saturated carbocycles. The van der Waals surface area contributed by atoms with Gasteiger partial charge in [-0.3, -0.25) is 19.7 Å². The van der Waals surface area contributed by atoms with E-state index in [1.165, 1.54) is 48.5 Å². The molecule has 1 amide bonds. The zero-order valence-corrected chi connectivity index (χ0v) is 16.5. The van der Waals surface area contributed by atoms with E-state index in [-0.39, 0.29) is 24.3 Å². The highest BCUT2D eigenvalue weighted by molar-refractivity contribution is 5.97. The van der Waals surface area contributed by atoms with Crippen LogP contribution < -0.4 is 5.32 Å². The molecule has 0 aliphatic carbocycles. The van der Waals surface area contributed by atoms with Crippen molar-refractivity contribution in [2.24, 2.45) is 0 Å². The molecule has 0 spiro atoms. The molecule has 0 aliphatic heterocycles. The second-order valence-electron chi connectivity index (χ2n) is 6.44. The molecule has 2 aromatic carbocycles. The molecule has 0 unspecified atom stereocenters. The molecule has 2 rings (SSSR count). The van der Waals surface area contributed by atoms with Crippen LogP contribution in [0, 0.1) is 21.4 Å². The number of aliphatic carboxylic acids is 1. The van der Waals surface area contributed by atoms with Crippen molar-refractivity contribution in [3.8, 4) is 6.07 Å². The van der Waals surface area contributed by atoms with Crippen LogP contribution in [0.15, 0.2) is 48.5 Å². The number of ether oxygens (including phenoxy) is 1. The second kappa shape index (κ2) is 10.5. The van der Waals surface area contributed by atoms with Gasteiger partial charge in [-0.15, -0.1) is 0 Å². The maximum atomic E-state index is 12.6. The fraction of sp³-hybridized carbons (Fsp3) is 0.238. The Balaban J connectivity index is 2.36. The fourth-order valence-electron chi connectivity index (χ4n) is 2.93. The van der Waals surface area contributed by atoms with E-state index in [1.54, 1.807) is 6.92 Å². The first-order valence-corrected chi connectivity index (χ1v) is 9.20. The van der Waals surface area contributed by atoms with Gasteiger partial charge < -0.3 is 15.2 Å². The lowest BCUT2D eigenvalue weighted by atomic mass is 9.88. The molecular formula is C21H19N3O7. The van der Waals surface area contributed by atoms with Crippen molar-refractivity contribution < 1.29 is 29.2 Å². The Bertz CT molecular complexity index is 1010. The molecule has 0 fully saturated rings. The van der Waals surface area contributed by atoms with Gasteiger partial charge in [0.15, 0.2) is 0 Å². The number of hydrogen-bond donors (Lipinski definition) is 2. The van der Waals surface area contributed by atoms with Crippen LogP contribution >= 0.6 is 0 Å². The van der Waals surface area contributed by atoms with Gasteiger partial charge in [0.1, 0.15) is 6.04 Å². The van der Waals surface area contributed by atoms with Gasteiger partial charge in [-0.2, -0.15) is 5.26 Å². The number of nitrogens with zero attached hydrogens (tertiary/aromatic N) is 2. The minimum absolute atomic E-state index is 0.0845. The third-order valence-electron chi connectivity index (χ3n) is 4.46. The van der Waals surface area contributed by atoms with Gasteiger partial charge in [-0.05, 0) is 36.8 Å². The fourth-order valence-corrected chi connectivity index (χ4v) is 2.93. The Morgan fingerprint density at radius 2 is 1.77 bits per heavy atom. The molecule has 2 N–H and O–H groups in total. The van der Waals surface area contributed by atoms with Crippen LogP contribution in [0.1, 0.15) is 40.7 Å². The Kier molecular flexibility index (Phi) is 7.80. The van der Waals surface area contributed by atoms with Crippen LogP contribution in [0.2, 0.25) is 0 Å². The summed E-state index contributed by atoms with van der Waals surface area (Å²) < 4.78 is 4.92. The largest absolute Gasteiger partial charge is 0.480 e. The van der Waals surface area contributed by atoms with Gasteiger partial charge in [-0.25, -0.2) is 4.79 Å². The number of carbonyl (C=O) groups is 3. The summed E-state index contributed by atoms with van der Waals surface area (Å²) in [4.78, 5) is 46.9. The third kappa shape index (κ3) is 6.11. The van der Waals surface area contributed by atoms with E-state index in [0.717, 1.165) is 0 Å². The lowest BCUT2D eigenvalue weighted by molar-refractivity contribution is -0.384. The summed E-state index contributed by atoms with van der Waals surface area (Å²) in [7, 11) is 0. The minimum Gasteiger partial charge on any atom is -0.480 e. The van der Waals surface area contributed by atoms with E-state index in [0.29, 0.717) is 11.1 Å². The number of rotatable bonds is 9. The summed E-state index contributed by atoms with van der Waals surface area (Å²) >= 11 is 0. The number of nitriles is 1. The molecule has 0 heterocycles. The van der Waals surface area contributed by atoms with Crippen molar-refractivity contribution in [3.05, 3.63) is 75.3 Å². The Hall–Kier alpha value is -4.26. The number of carbonyl (C=O) groups excluding carboxylic acids is 2. The smallest absolute Gasteiger partial charge is 0.326 e. The topological polar surface area (TPSA) is 160 Å². The number of amides is 1. The predicted octanol–water partition coefficient (Wildman–Crippen LogP) is 2.39. The van der Waals surface area contributed by atoms with Gasteiger partial charge in [-0.1, -0.05) is 12.1 Å². The predicted molar refractivity (Wildman–Crippen MR) is 107 cm³/mol. The Labute approximate surface area is 177 Å². The number of carboxylic acid groups (broad SMARTS) is 1. The maximum absolute atomic E-state index is 12.6. The van der Waals surface area contributed by atoms with Crippen LogP contribution in [-0.2, 0) is 14.3 Å².